The minimum Gasteiger partial charge on any atom is -0.353 e. The fourth-order valence-electron chi connectivity index (χ4n) is 2.25. The number of benzene rings is 1. The number of rotatable bonds is 2. The maximum Gasteiger partial charge on any atom is 0.254 e. The highest BCUT2D eigenvalue weighted by atomic mass is 16.2. The van der Waals surface area contributed by atoms with E-state index in [1.54, 1.807) is 11.8 Å². The van der Waals surface area contributed by atoms with Gasteiger partial charge < -0.3 is 10.2 Å². The zero-order chi connectivity index (χ0) is 13.1. The van der Waals surface area contributed by atoms with Crippen LogP contribution in [0.1, 0.15) is 29.8 Å². The molecule has 0 unspecified atom stereocenters. The second-order valence-electron chi connectivity index (χ2n) is 4.48. The topological polar surface area (TPSA) is 49.4 Å². The lowest BCUT2D eigenvalue weighted by Gasteiger charge is -2.33. The fourth-order valence-corrected chi connectivity index (χ4v) is 2.25. The molecule has 0 aromatic heterocycles. The molecule has 1 N–H and O–H groups in total. The molecule has 0 bridgehead atoms. The van der Waals surface area contributed by atoms with E-state index in [4.69, 9.17) is 0 Å². The van der Waals surface area contributed by atoms with Crippen LogP contribution in [-0.4, -0.2) is 35.8 Å². The van der Waals surface area contributed by atoms with E-state index in [1.807, 2.05) is 31.2 Å². The summed E-state index contributed by atoms with van der Waals surface area (Å²) in [5.74, 6) is -0.127. The molecule has 18 heavy (non-hydrogen) atoms. The molecule has 1 aromatic carbocycles. The number of nitrogens with zero attached hydrogens (tertiary/aromatic N) is 1. The fraction of sp³-hybridized carbons (Fsp3) is 0.429. The normalized spacial score (nSPS) is 19.6. The van der Waals surface area contributed by atoms with Crippen molar-refractivity contribution in [3.63, 3.8) is 0 Å². The minimum absolute atomic E-state index is 0.0465. The molecule has 1 heterocycles. The third-order valence-corrected chi connectivity index (χ3v) is 3.39. The smallest absolute Gasteiger partial charge is 0.254 e. The average molecular weight is 246 g/mol. The molecule has 1 aliphatic rings. The van der Waals surface area contributed by atoms with Crippen molar-refractivity contribution < 1.29 is 9.59 Å². The zero-order valence-electron chi connectivity index (χ0n) is 10.8. The van der Waals surface area contributed by atoms with Crippen molar-refractivity contribution in [2.45, 2.75) is 26.3 Å². The standard InChI is InChI=1S/C14H18N2O2/c1-3-11-6-4-5-7-12(11)14(18)16-9-8-15-13(17)10(16)2/h4-7,10H,3,8-9H2,1-2H3,(H,15,17)/t10-/m1/s1. The lowest BCUT2D eigenvalue weighted by molar-refractivity contribution is -0.127. The maximum absolute atomic E-state index is 12.5. The third kappa shape index (κ3) is 2.23. The molecular formula is C14H18N2O2. The van der Waals surface area contributed by atoms with Crippen LogP contribution in [0.25, 0.3) is 0 Å². The Morgan fingerprint density at radius 2 is 2.17 bits per heavy atom. The van der Waals surface area contributed by atoms with Crippen LogP contribution in [0.2, 0.25) is 0 Å². The molecule has 1 atom stereocenters. The molecule has 1 saturated heterocycles. The molecule has 0 saturated carbocycles. The van der Waals surface area contributed by atoms with Crippen molar-refractivity contribution in [2.24, 2.45) is 0 Å². The Kier molecular flexibility index (Phi) is 3.65. The SMILES string of the molecule is CCc1ccccc1C(=O)N1CCNC(=O)[C@H]1C. The number of piperazine rings is 1. The molecule has 0 radical (unpaired) electrons. The molecule has 1 aromatic rings. The van der Waals surface area contributed by atoms with Crippen LogP contribution in [-0.2, 0) is 11.2 Å². The van der Waals surface area contributed by atoms with Crippen LogP contribution < -0.4 is 5.32 Å². The van der Waals surface area contributed by atoms with Gasteiger partial charge in [0.15, 0.2) is 0 Å². The number of nitrogens with one attached hydrogen (secondary N) is 1. The molecule has 2 rings (SSSR count). The van der Waals surface area contributed by atoms with Gasteiger partial charge in [0.2, 0.25) is 5.91 Å². The van der Waals surface area contributed by atoms with Gasteiger partial charge in [-0.2, -0.15) is 0 Å². The number of carbonyl (C=O) groups is 2. The Morgan fingerprint density at radius 1 is 1.44 bits per heavy atom. The third-order valence-electron chi connectivity index (χ3n) is 3.39. The Hall–Kier alpha value is -1.84. The first kappa shape index (κ1) is 12.6. The van der Waals surface area contributed by atoms with Crippen molar-refractivity contribution >= 4 is 11.8 Å². The summed E-state index contributed by atoms with van der Waals surface area (Å²) < 4.78 is 0. The summed E-state index contributed by atoms with van der Waals surface area (Å²) in [5.41, 5.74) is 1.74. The van der Waals surface area contributed by atoms with Crippen molar-refractivity contribution in [3.8, 4) is 0 Å². The first-order chi connectivity index (χ1) is 8.65. The van der Waals surface area contributed by atoms with E-state index in [0.717, 1.165) is 12.0 Å². The Bertz CT molecular complexity index is 471. The van der Waals surface area contributed by atoms with Gasteiger partial charge in [0, 0.05) is 18.7 Å². The number of hydrogen-bond donors (Lipinski definition) is 1. The summed E-state index contributed by atoms with van der Waals surface area (Å²) in [6.07, 6.45) is 0.816. The number of aryl methyl sites for hydroxylation is 1. The minimum atomic E-state index is -0.392. The lowest BCUT2D eigenvalue weighted by Crippen LogP contribution is -2.55. The summed E-state index contributed by atoms with van der Waals surface area (Å²) in [6, 6.07) is 7.20. The highest BCUT2D eigenvalue weighted by Crippen LogP contribution is 2.15. The van der Waals surface area contributed by atoms with Gasteiger partial charge in [-0.25, -0.2) is 0 Å². The Morgan fingerprint density at radius 3 is 2.89 bits per heavy atom. The zero-order valence-corrected chi connectivity index (χ0v) is 10.8. The van der Waals surface area contributed by atoms with Gasteiger partial charge in [-0.1, -0.05) is 25.1 Å². The van der Waals surface area contributed by atoms with Gasteiger partial charge in [0.1, 0.15) is 6.04 Å². The van der Waals surface area contributed by atoms with Crippen LogP contribution >= 0.6 is 0 Å². The first-order valence-corrected chi connectivity index (χ1v) is 6.31. The van der Waals surface area contributed by atoms with Gasteiger partial charge in [-0.3, -0.25) is 9.59 Å². The summed E-state index contributed by atoms with van der Waals surface area (Å²) in [6.45, 7) is 4.90. The molecule has 0 spiro atoms. The van der Waals surface area contributed by atoms with E-state index in [0.29, 0.717) is 18.7 Å². The molecular weight excluding hydrogens is 228 g/mol. The molecule has 0 aliphatic carbocycles. The molecule has 2 amide bonds. The summed E-state index contributed by atoms with van der Waals surface area (Å²) in [5, 5.41) is 2.76. The summed E-state index contributed by atoms with van der Waals surface area (Å²) in [7, 11) is 0. The maximum atomic E-state index is 12.5. The van der Waals surface area contributed by atoms with E-state index in [-0.39, 0.29) is 11.8 Å². The van der Waals surface area contributed by atoms with E-state index in [1.165, 1.54) is 0 Å². The number of carbonyl (C=O) groups excluding carboxylic acids is 2. The predicted molar refractivity (Wildman–Crippen MR) is 69.3 cm³/mol. The molecule has 4 nitrogen and oxygen atoms in total. The average Bonchev–Trinajstić information content (AvgIpc) is 2.41. The second-order valence-corrected chi connectivity index (χ2v) is 4.48. The Balaban J connectivity index is 2.27. The highest BCUT2D eigenvalue weighted by Gasteiger charge is 2.30. The van der Waals surface area contributed by atoms with Crippen LogP contribution in [0.15, 0.2) is 24.3 Å². The summed E-state index contributed by atoms with van der Waals surface area (Å²) in [4.78, 5) is 25.7. The van der Waals surface area contributed by atoms with Gasteiger partial charge in [-0.05, 0) is 25.0 Å². The van der Waals surface area contributed by atoms with E-state index in [9.17, 15) is 9.59 Å². The highest BCUT2D eigenvalue weighted by molar-refractivity contribution is 5.99. The van der Waals surface area contributed by atoms with Crippen molar-refractivity contribution in [3.05, 3.63) is 35.4 Å². The lowest BCUT2D eigenvalue weighted by atomic mass is 10.0. The molecule has 4 heteroatoms. The molecule has 1 aliphatic heterocycles. The number of amides is 2. The quantitative estimate of drug-likeness (QED) is 0.852. The second kappa shape index (κ2) is 5.21. The first-order valence-electron chi connectivity index (χ1n) is 6.31. The van der Waals surface area contributed by atoms with Crippen LogP contribution in [0.5, 0.6) is 0 Å². The van der Waals surface area contributed by atoms with Gasteiger partial charge in [0.25, 0.3) is 5.91 Å². The van der Waals surface area contributed by atoms with Crippen molar-refractivity contribution in [1.29, 1.82) is 0 Å². The van der Waals surface area contributed by atoms with Crippen LogP contribution in [0.3, 0.4) is 0 Å². The van der Waals surface area contributed by atoms with Crippen molar-refractivity contribution in [2.75, 3.05) is 13.1 Å². The van der Waals surface area contributed by atoms with Crippen molar-refractivity contribution in [1.82, 2.24) is 10.2 Å². The van der Waals surface area contributed by atoms with Gasteiger partial charge in [0.05, 0.1) is 0 Å². The largest absolute Gasteiger partial charge is 0.353 e. The number of hydrogen-bond acceptors (Lipinski definition) is 2. The van der Waals surface area contributed by atoms with Crippen LogP contribution in [0.4, 0.5) is 0 Å². The van der Waals surface area contributed by atoms with E-state index in [2.05, 4.69) is 5.32 Å². The molecule has 1 fully saturated rings. The Labute approximate surface area is 107 Å². The van der Waals surface area contributed by atoms with Gasteiger partial charge >= 0.3 is 0 Å². The summed E-state index contributed by atoms with van der Waals surface area (Å²) >= 11 is 0. The monoisotopic (exact) mass is 246 g/mol. The van der Waals surface area contributed by atoms with Crippen LogP contribution in [0, 0.1) is 0 Å². The molecule has 96 valence electrons. The predicted octanol–water partition coefficient (Wildman–Crippen LogP) is 1.21. The van der Waals surface area contributed by atoms with E-state index >= 15 is 0 Å². The van der Waals surface area contributed by atoms with E-state index < -0.39 is 6.04 Å². The van der Waals surface area contributed by atoms with Gasteiger partial charge in [-0.15, -0.1) is 0 Å².